The summed E-state index contributed by atoms with van der Waals surface area (Å²) >= 11 is 0. The van der Waals surface area contributed by atoms with Crippen LogP contribution in [0.4, 0.5) is 0 Å². The lowest BCUT2D eigenvalue weighted by Crippen LogP contribution is -2.30. The summed E-state index contributed by atoms with van der Waals surface area (Å²) in [5.74, 6) is -1.46. The van der Waals surface area contributed by atoms with E-state index in [4.69, 9.17) is 9.84 Å². The minimum Gasteiger partial charge on any atom is -0.481 e. The van der Waals surface area contributed by atoms with Gasteiger partial charge in [0.2, 0.25) is 0 Å². The highest BCUT2D eigenvalue weighted by molar-refractivity contribution is 5.79. The normalized spacial score (nSPS) is 29.6. The number of carboxylic acid groups (broad SMARTS) is 1. The van der Waals surface area contributed by atoms with E-state index in [2.05, 4.69) is 0 Å². The van der Waals surface area contributed by atoms with Crippen LogP contribution in [0.15, 0.2) is 0 Å². The predicted molar refractivity (Wildman–Crippen MR) is 40.5 cm³/mol. The highest BCUT2D eigenvalue weighted by Gasteiger charge is 2.29. The van der Waals surface area contributed by atoms with Crippen molar-refractivity contribution < 1.29 is 19.4 Å². The van der Waals surface area contributed by atoms with Crippen molar-refractivity contribution in [2.45, 2.75) is 19.8 Å². The number of aliphatic carboxylic acids is 1. The number of cyclic esters (lactones) is 1. The first-order valence-corrected chi connectivity index (χ1v) is 3.98. The maximum atomic E-state index is 11.0. The van der Waals surface area contributed by atoms with Crippen LogP contribution in [0.5, 0.6) is 0 Å². The second-order valence-electron chi connectivity index (χ2n) is 3.27. The van der Waals surface area contributed by atoms with E-state index in [-0.39, 0.29) is 18.3 Å². The Balaban J connectivity index is 2.49. The molecule has 2 unspecified atom stereocenters. The lowest BCUT2D eigenvalue weighted by Gasteiger charge is -2.24. The molecule has 0 saturated carbocycles. The second-order valence-corrected chi connectivity index (χ2v) is 3.27. The lowest BCUT2D eigenvalue weighted by molar-refractivity contribution is -0.159. The van der Waals surface area contributed by atoms with E-state index < -0.39 is 11.9 Å². The molecule has 1 fully saturated rings. The third kappa shape index (κ3) is 2.22. The summed E-state index contributed by atoms with van der Waals surface area (Å²) in [5.41, 5.74) is 0. The first kappa shape index (κ1) is 9.03. The van der Waals surface area contributed by atoms with Crippen LogP contribution in [0, 0.1) is 11.8 Å². The third-order valence-electron chi connectivity index (χ3n) is 1.95. The molecule has 1 aliphatic rings. The van der Waals surface area contributed by atoms with Crippen LogP contribution >= 0.6 is 0 Å². The summed E-state index contributed by atoms with van der Waals surface area (Å²) in [7, 11) is 0. The molecule has 1 N–H and O–H groups in total. The van der Waals surface area contributed by atoms with Crippen LogP contribution in [0.2, 0.25) is 0 Å². The van der Waals surface area contributed by atoms with Gasteiger partial charge >= 0.3 is 11.9 Å². The van der Waals surface area contributed by atoms with E-state index in [9.17, 15) is 9.59 Å². The van der Waals surface area contributed by atoms with E-state index in [1.165, 1.54) is 0 Å². The molecule has 1 heterocycles. The van der Waals surface area contributed by atoms with Gasteiger partial charge in [-0.25, -0.2) is 0 Å². The molecule has 0 aromatic rings. The maximum absolute atomic E-state index is 11.0. The Labute approximate surface area is 70.5 Å². The van der Waals surface area contributed by atoms with Crippen molar-refractivity contribution in [2.24, 2.45) is 11.8 Å². The average molecular weight is 172 g/mol. The van der Waals surface area contributed by atoms with Gasteiger partial charge < -0.3 is 9.84 Å². The molecule has 68 valence electrons. The molecule has 0 aromatic heterocycles. The van der Waals surface area contributed by atoms with Gasteiger partial charge in [-0.15, -0.1) is 0 Å². The van der Waals surface area contributed by atoms with Gasteiger partial charge in [-0.2, -0.15) is 0 Å². The summed E-state index contributed by atoms with van der Waals surface area (Å²) in [5, 5.41) is 8.46. The molecular formula is C8H12O4. The largest absolute Gasteiger partial charge is 0.481 e. The van der Waals surface area contributed by atoms with Gasteiger partial charge in [0, 0.05) is 0 Å². The average Bonchev–Trinajstić information content (AvgIpc) is 1.96. The van der Waals surface area contributed by atoms with Gasteiger partial charge in [0.15, 0.2) is 0 Å². The van der Waals surface area contributed by atoms with Crippen LogP contribution in [-0.4, -0.2) is 23.7 Å². The zero-order valence-corrected chi connectivity index (χ0v) is 6.95. The van der Waals surface area contributed by atoms with Crippen LogP contribution in [0.3, 0.4) is 0 Å². The van der Waals surface area contributed by atoms with Crippen LogP contribution in [-0.2, 0) is 14.3 Å². The minimum atomic E-state index is -0.939. The number of rotatable bonds is 2. The number of ether oxygens (including phenoxy) is 1. The number of carboxylic acids is 1. The maximum Gasteiger partial charge on any atom is 0.309 e. The molecule has 4 heteroatoms. The predicted octanol–water partition coefficient (Wildman–Crippen LogP) is 0.660. The number of hydrogen-bond acceptors (Lipinski definition) is 3. The number of carbonyl (C=O) groups excluding carboxylic acids is 1. The van der Waals surface area contributed by atoms with Crippen molar-refractivity contribution in [1.82, 2.24) is 0 Å². The molecule has 0 spiro atoms. The minimum absolute atomic E-state index is 0.108. The van der Waals surface area contributed by atoms with E-state index in [0.29, 0.717) is 13.0 Å². The van der Waals surface area contributed by atoms with Gasteiger partial charge in [-0.1, -0.05) is 6.92 Å². The van der Waals surface area contributed by atoms with Gasteiger partial charge in [-0.3, -0.25) is 9.59 Å². The van der Waals surface area contributed by atoms with E-state index in [1.807, 2.05) is 6.92 Å². The Morgan fingerprint density at radius 2 is 2.42 bits per heavy atom. The molecule has 0 amide bonds. The van der Waals surface area contributed by atoms with Crippen LogP contribution < -0.4 is 0 Å². The molecule has 1 aliphatic heterocycles. The highest BCUT2D eigenvalue weighted by Crippen LogP contribution is 2.22. The van der Waals surface area contributed by atoms with Gasteiger partial charge in [0.25, 0.3) is 0 Å². The number of esters is 1. The van der Waals surface area contributed by atoms with E-state index in [0.717, 1.165) is 0 Å². The van der Waals surface area contributed by atoms with Crippen molar-refractivity contribution in [1.29, 1.82) is 0 Å². The summed E-state index contributed by atoms with van der Waals surface area (Å²) in [6.07, 6.45) is 0.522. The van der Waals surface area contributed by atoms with Crippen molar-refractivity contribution in [3.8, 4) is 0 Å². The molecular weight excluding hydrogens is 160 g/mol. The zero-order valence-electron chi connectivity index (χ0n) is 6.95. The fourth-order valence-electron chi connectivity index (χ4n) is 1.37. The summed E-state index contributed by atoms with van der Waals surface area (Å²) in [6, 6.07) is 0. The van der Waals surface area contributed by atoms with Crippen LogP contribution in [0.1, 0.15) is 19.8 Å². The van der Waals surface area contributed by atoms with Gasteiger partial charge in [0.05, 0.1) is 18.9 Å². The molecule has 4 nitrogen and oxygen atoms in total. The summed E-state index contributed by atoms with van der Waals surface area (Å²) in [6.45, 7) is 2.37. The van der Waals surface area contributed by atoms with Crippen molar-refractivity contribution in [2.75, 3.05) is 6.61 Å². The quantitative estimate of drug-likeness (QED) is 0.621. The summed E-state index contributed by atoms with van der Waals surface area (Å²) < 4.78 is 4.80. The lowest BCUT2D eigenvalue weighted by atomic mass is 9.91. The van der Waals surface area contributed by atoms with Crippen LogP contribution in [0.25, 0.3) is 0 Å². The summed E-state index contributed by atoms with van der Waals surface area (Å²) in [4.78, 5) is 21.3. The van der Waals surface area contributed by atoms with E-state index >= 15 is 0 Å². The molecule has 0 radical (unpaired) electrons. The zero-order chi connectivity index (χ0) is 9.14. The van der Waals surface area contributed by atoms with Crippen molar-refractivity contribution >= 4 is 11.9 Å². The SMILES string of the molecule is CC1COC(=O)C(CC(=O)O)C1. The Kier molecular flexibility index (Phi) is 2.68. The molecule has 2 atom stereocenters. The van der Waals surface area contributed by atoms with Crippen molar-refractivity contribution in [3.05, 3.63) is 0 Å². The second kappa shape index (κ2) is 3.56. The molecule has 0 aliphatic carbocycles. The standard InChI is InChI=1S/C8H12O4/c1-5-2-6(3-7(9)10)8(11)12-4-5/h5-6H,2-4H2,1H3,(H,9,10). The number of carbonyl (C=O) groups is 2. The Hall–Kier alpha value is -1.06. The van der Waals surface area contributed by atoms with E-state index in [1.54, 1.807) is 0 Å². The smallest absolute Gasteiger partial charge is 0.309 e. The number of hydrogen-bond donors (Lipinski definition) is 1. The first-order valence-electron chi connectivity index (χ1n) is 3.98. The van der Waals surface area contributed by atoms with Crippen molar-refractivity contribution in [3.63, 3.8) is 0 Å². The molecule has 1 saturated heterocycles. The molecule has 1 rings (SSSR count). The fraction of sp³-hybridized carbons (Fsp3) is 0.750. The van der Waals surface area contributed by atoms with Gasteiger partial charge in [-0.05, 0) is 12.3 Å². The Morgan fingerprint density at radius 3 is 3.00 bits per heavy atom. The first-order chi connectivity index (χ1) is 5.59. The third-order valence-corrected chi connectivity index (χ3v) is 1.95. The molecule has 0 aromatic carbocycles. The Bertz CT molecular complexity index is 199. The highest BCUT2D eigenvalue weighted by atomic mass is 16.5. The van der Waals surface area contributed by atoms with Gasteiger partial charge in [0.1, 0.15) is 0 Å². The Morgan fingerprint density at radius 1 is 1.75 bits per heavy atom. The monoisotopic (exact) mass is 172 g/mol. The topological polar surface area (TPSA) is 63.6 Å². The molecule has 0 bridgehead atoms. The fourth-order valence-corrected chi connectivity index (χ4v) is 1.37. The molecule has 12 heavy (non-hydrogen) atoms.